The lowest BCUT2D eigenvalue weighted by Crippen LogP contribution is -2.28. The largest absolute Gasteiger partial charge is 0.334 e. The molecule has 4 amide bonds. The van der Waals surface area contributed by atoms with Crippen LogP contribution in [0.1, 0.15) is 0 Å². The fourth-order valence-electron chi connectivity index (χ4n) is 1.80. The van der Waals surface area contributed by atoms with E-state index in [0.29, 0.717) is 28.6 Å². The normalized spacial score (nSPS) is 9.71. The topological polar surface area (TPSA) is 82.3 Å². The SMILES string of the molecule is C=CCNC(=O)Nc1ccc(NC(=O)Nc2ccc(Cl)cc2)cc1. The summed E-state index contributed by atoms with van der Waals surface area (Å²) in [6, 6.07) is 12.8. The highest BCUT2D eigenvalue weighted by molar-refractivity contribution is 6.30. The minimum atomic E-state index is -0.373. The molecule has 0 aliphatic rings. The van der Waals surface area contributed by atoms with Crippen LogP contribution in [0.2, 0.25) is 5.02 Å². The average molecular weight is 345 g/mol. The van der Waals surface area contributed by atoms with Gasteiger partial charge in [0.15, 0.2) is 0 Å². The Morgan fingerprint density at radius 3 is 1.71 bits per heavy atom. The van der Waals surface area contributed by atoms with Crippen LogP contribution in [0.5, 0.6) is 0 Å². The Morgan fingerprint density at radius 1 is 0.833 bits per heavy atom. The van der Waals surface area contributed by atoms with E-state index in [4.69, 9.17) is 11.6 Å². The van der Waals surface area contributed by atoms with E-state index in [2.05, 4.69) is 27.8 Å². The van der Waals surface area contributed by atoms with Crippen molar-refractivity contribution >= 4 is 40.7 Å². The number of hydrogen-bond donors (Lipinski definition) is 4. The van der Waals surface area contributed by atoms with E-state index in [-0.39, 0.29) is 12.1 Å². The molecule has 0 saturated carbocycles. The molecule has 0 saturated heterocycles. The maximum atomic E-state index is 11.9. The van der Waals surface area contributed by atoms with Crippen molar-refractivity contribution in [1.82, 2.24) is 5.32 Å². The zero-order chi connectivity index (χ0) is 17.4. The highest BCUT2D eigenvalue weighted by Gasteiger charge is 2.04. The molecule has 7 heteroatoms. The summed E-state index contributed by atoms with van der Waals surface area (Å²) in [5.74, 6) is 0. The smallest absolute Gasteiger partial charge is 0.323 e. The van der Waals surface area contributed by atoms with Crippen molar-refractivity contribution in [3.8, 4) is 0 Å². The van der Waals surface area contributed by atoms with Gasteiger partial charge in [0.1, 0.15) is 0 Å². The number of halogens is 1. The third-order valence-electron chi connectivity index (χ3n) is 2.91. The predicted octanol–water partition coefficient (Wildman–Crippen LogP) is 4.29. The van der Waals surface area contributed by atoms with Gasteiger partial charge in [-0.15, -0.1) is 6.58 Å². The van der Waals surface area contributed by atoms with Crippen LogP contribution >= 0.6 is 11.6 Å². The van der Waals surface area contributed by atoms with Gasteiger partial charge in [-0.05, 0) is 48.5 Å². The van der Waals surface area contributed by atoms with Crippen LogP contribution in [-0.2, 0) is 0 Å². The third kappa shape index (κ3) is 5.66. The lowest BCUT2D eigenvalue weighted by molar-refractivity contribution is 0.253. The number of urea groups is 2. The Morgan fingerprint density at radius 2 is 1.25 bits per heavy atom. The van der Waals surface area contributed by atoms with Crippen LogP contribution in [0.4, 0.5) is 26.7 Å². The van der Waals surface area contributed by atoms with Crippen LogP contribution in [-0.4, -0.2) is 18.6 Å². The minimum Gasteiger partial charge on any atom is -0.334 e. The first-order valence-electron chi connectivity index (χ1n) is 7.16. The van der Waals surface area contributed by atoms with E-state index in [0.717, 1.165) is 0 Å². The van der Waals surface area contributed by atoms with Crippen molar-refractivity contribution in [2.45, 2.75) is 0 Å². The first-order chi connectivity index (χ1) is 11.6. The highest BCUT2D eigenvalue weighted by Crippen LogP contribution is 2.16. The van der Waals surface area contributed by atoms with E-state index >= 15 is 0 Å². The second kappa shape index (κ2) is 8.59. The fraction of sp³-hybridized carbons (Fsp3) is 0.0588. The first kappa shape index (κ1) is 17.4. The number of benzene rings is 2. The monoisotopic (exact) mass is 344 g/mol. The van der Waals surface area contributed by atoms with E-state index < -0.39 is 0 Å². The van der Waals surface area contributed by atoms with Gasteiger partial charge in [0.2, 0.25) is 0 Å². The molecular weight excluding hydrogens is 328 g/mol. The summed E-state index contributed by atoms with van der Waals surface area (Å²) in [5, 5.41) is 11.2. The van der Waals surface area contributed by atoms with Crippen LogP contribution in [0.15, 0.2) is 61.2 Å². The summed E-state index contributed by atoms with van der Waals surface area (Å²) >= 11 is 5.79. The summed E-state index contributed by atoms with van der Waals surface area (Å²) in [4.78, 5) is 23.4. The average Bonchev–Trinajstić information content (AvgIpc) is 2.57. The maximum Gasteiger partial charge on any atom is 0.323 e. The molecule has 0 bridgehead atoms. The number of carbonyl (C=O) groups excluding carboxylic acids is 2. The number of carbonyl (C=O) groups is 2. The molecule has 0 fully saturated rings. The van der Waals surface area contributed by atoms with Gasteiger partial charge in [-0.1, -0.05) is 17.7 Å². The summed E-state index contributed by atoms with van der Waals surface area (Å²) in [7, 11) is 0. The number of anilines is 3. The molecule has 0 radical (unpaired) electrons. The molecule has 0 spiro atoms. The number of amides is 4. The molecule has 0 unspecified atom stereocenters. The molecule has 2 aromatic rings. The second-order valence-corrected chi connectivity index (χ2v) is 5.22. The van der Waals surface area contributed by atoms with Crippen LogP contribution in [0, 0.1) is 0 Å². The minimum absolute atomic E-state index is 0.323. The van der Waals surface area contributed by atoms with Gasteiger partial charge in [-0.3, -0.25) is 0 Å². The van der Waals surface area contributed by atoms with Gasteiger partial charge >= 0.3 is 12.1 Å². The molecule has 0 heterocycles. The van der Waals surface area contributed by atoms with Crippen LogP contribution in [0.25, 0.3) is 0 Å². The molecule has 0 aromatic heterocycles. The zero-order valence-corrected chi connectivity index (χ0v) is 13.6. The van der Waals surface area contributed by atoms with Crippen molar-refractivity contribution in [1.29, 1.82) is 0 Å². The molecule has 0 aliphatic heterocycles. The number of nitrogens with one attached hydrogen (secondary N) is 4. The molecule has 0 atom stereocenters. The van der Waals surface area contributed by atoms with Gasteiger partial charge in [0.25, 0.3) is 0 Å². The van der Waals surface area contributed by atoms with E-state index in [1.165, 1.54) is 0 Å². The van der Waals surface area contributed by atoms with Crippen LogP contribution in [0.3, 0.4) is 0 Å². The molecular formula is C17H17ClN4O2. The van der Waals surface area contributed by atoms with Gasteiger partial charge in [0.05, 0.1) is 0 Å². The van der Waals surface area contributed by atoms with Crippen molar-refractivity contribution in [2.75, 3.05) is 22.5 Å². The molecule has 0 aliphatic carbocycles. The second-order valence-electron chi connectivity index (χ2n) is 4.79. The summed E-state index contributed by atoms with van der Waals surface area (Å²) in [6.45, 7) is 3.90. The molecule has 124 valence electrons. The third-order valence-corrected chi connectivity index (χ3v) is 3.16. The van der Waals surface area contributed by atoms with Crippen LogP contribution < -0.4 is 21.3 Å². The van der Waals surface area contributed by atoms with Crippen molar-refractivity contribution in [3.05, 3.63) is 66.2 Å². The molecule has 2 aromatic carbocycles. The lowest BCUT2D eigenvalue weighted by atomic mass is 10.3. The lowest BCUT2D eigenvalue weighted by Gasteiger charge is -2.09. The summed E-state index contributed by atoms with van der Waals surface area (Å²) in [6.07, 6.45) is 1.59. The Labute approximate surface area is 144 Å². The summed E-state index contributed by atoms with van der Waals surface area (Å²) in [5.41, 5.74) is 1.84. The van der Waals surface area contributed by atoms with Gasteiger partial charge < -0.3 is 21.3 Å². The highest BCUT2D eigenvalue weighted by atomic mass is 35.5. The summed E-state index contributed by atoms with van der Waals surface area (Å²) < 4.78 is 0. The fourth-order valence-corrected chi connectivity index (χ4v) is 1.93. The zero-order valence-electron chi connectivity index (χ0n) is 12.8. The van der Waals surface area contributed by atoms with Gasteiger partial charge in [0, 0.05) is 28.6 Å². The molecule has 6 nitrogen and oxygen atoms in total. The Balaban J connectivity index is 1.86. The molecule has 4 N–H and O–H groups in total. The van der Waals surface area contributed by atoms with Gasteiger partial charge in [-0.25, -0.2) is 9.59 Å². The standard InChI is InChI=1S/C17H17ClN4O2/c1-2-11-19-16(23)20-14-7-9-15(10-8-14)22-17(24)21-13-5-3-12(18)4-6-13/h2-10H,1,11H2,(H2,19,20,23)(H2,21,22,24). The Kier molecular flexibility index (Phi) is 6.22. The Bertz CT molecular complexity index is 714. The maximum absolute atomic E-state index is 11.9. The van der Waals surface area contributed by atoms with Crippen molar-refractivity contribution in [3.63, 3.8) is 0 Å². The van der Waals surface area contributed by atoms with E-state index in [1.807, 2.05) is 0 Å². The quantitative estimate of drug-likeness (QED) is 0.610. The first-order valence-corrected chi connectivity index (χ1v) is 7.54. The predicted molar refractivity (Wildman–Crippen MR) is 97.8 cm³/mol. The molecule has 2 rings (SSSR count). The van der Waals surface area contributed by atoms with Crippen molar-refractivity contribution in [2.24, 2.45) is 0 Å². The number of rotatable bonds is 5. The molecule has 24 heavy (non-hydrogen) atoms. The van der Waals surface area contributed by atoms with Crippen molar-refractivity contribution < 1.29 is 9.59 Å². The van der Waals surface area contributed by atoms with Gasteiger partial charge in [-0.2, -0.15) is 0 Å². The van der Waals surface area contributed by atoms with E-state index in [1.54, 1.807) is 54.6 Å². The van der Waals surface area contributed by atoms with E-state index in [9.17, 15) is 9.59 Å². The Hall–Kier alpha value is -2.99. The number of hydrogen-bond acceptors (Lipinski definition) is 2.